The van der Waals surface area contributed by atoms with Crippen molar-refractivity contribution in [2.24, 2.45) is 0 Å². The van der Waals surface area contributed by atoms with Gasteiger partial charge in [-0.25, -0.2) is 0 Å². The Labute approximate surface area is 124 Å². The molecule has 0 radical (unpaired) electrons. The molecule has 0 spiro atoms. The number of unbranched alkanes of at least 4 members (excludes halogenated alkanes) is 3. The fraction of sp³-hybridized carbons (Fsp3) is 0.938. The van der Waals surface area contributed by atoms with Gasteiger partial charge in [0.25, 0.3) is 0 Å². The van der Waals surface area contributed by atoms with E-state index in [1.165, 1.54) is 58.0 Å². The second-order valence-electron chi connectivity index (χ2n) is 5.95. The average molecular weight is 284 g/mol. The van der Waals surface area contributed by atoms with Crippen LogP contribution >= 0.6 is 0 Å². The summed E-state index contributed by atoms with van der Waals surface area (Å²) in [7, 11) is 0. The van der Waals surface area contributed by atoms with Crippen molar-refractivity contribution in [3.8, 4) is 0 Å². The van der Waals surface area contributed by atoms with Crippen LogP contribution in [-0.2, 0) is 4.79 Å². The van der Waals surface area contributed by atoms with Crippen LogP contribution in [0, 0.1) is 0 Å². The van der Waals surface area contributed by atoms with Gasteiger partial charge in [0.1, 0.15) is 0 Å². The van der Waals surface area contributed by atoms with Crippen LogP contribution in [0.5, 0.6) is 0 Å². The number of nitrogens with zero attached hydrogens (tertiary/aromatic N) is 2. The number of piperidine rings is 1. The van der Waals surface area contributed by atoms with Gasteiger partial charge in [0, 0.05) is 19.6 Å². The lowest BCUT2D eigenvalue weighted by molar-refractivity contribution is -0.137. The van der Waals surface area contributed by atoms with E-state index >= 15 is 0 Å². The van der Waals surface area contributed by atoms with Crippen LogP contribution in [0.4, 0.5) is 0 Å². The van der Waals surface area contributed by atoms with Crippen molar-refractivity contribution in [2.75, 3.05) is 39.3 Å². The van der Waals surface area contributed by atoms with Crippen LogP contribution in [0.25, 0.3) is 0 Å². The largest absolute Gasteiger partial charge is 0.481 e. The number of likely N-dealkylation sites (tertiary alicyclic amines) is 1. The fourth-order valence-electron chi connectivity index (χ4n) is 2.82. The summed E-state index contributed by atoms with van der Waals surface area (Å²) in [5, 5.41) is 8.85. The zero-order chi connectivity index (χ0) is 14.6. The Morgan fingerprint density at radius 2 is 1.80 bits per heavy atom. The van der Waals surface area contributed by atoms with Crippen molar-refractivity contribution < 1.29 is 9.90 Å². The molecule has 118 valence electrons. The summed E-state index contributed by atoms with van der Waals surface area (Å²) in [6.07, 6.45) is 9.31. The molecule has 4 nitrogen and oxygen atoms in total. The van der Waals surface area contributed by atoms with E-state index in [-0.39, 0.29) is 6.42 Å². The molecule has 0 aromatic rings. The van der Waals surface area contributed by atoms with E-state index in [9.17, 15) is 4.79 Å². The molecule has 0 aromatic carbocycles. The molecule has 1 aliphatic rings. The summed E-state index contributed by atoms with van der Waals surface area (Å²) in [6.45, 7) is 8.56. The van der Waals surface area contributed by atoms with E-state index < -0.39 is 5.97 Å². The van der Waals surface area contributed by atoms with Gasteiger partial charge in [-0.1, -0.05) is 32.6 Å². The monoisotopic (exact) mass is 284 g/mol. The van der Waals surface area contributed by atoms with Crippen LogP contribution in [0.2, 0.25) is 0 Å². The van der Waals surface area contributed by atoms with Crippen molar-refractivity contribution in [1.29, 1.82) is 0 Å². The molecule has 4 heteroatoms. The molecule has 1 rings (SSSR count). The number of hydrogen-bond donors (Lipinski definition) is 1. The summed E-state index contributed by atoms with van der Waals surface area (Å²) in [5.41, 5.74) is 0. The second kappa shape index (κ2) is 11.1. The molecular weight excluding hydrogens is 252 g/mol. The van der Waals surface area contributed by atoms with Crippen LogP contribution in [-0.4, -0.2) is 60.1 Å². The van der Waals surface area contributed by atoms with Gasteiger partial charge in [-0.3, -0.25) is 4.79 Å². The molecule has 20 heavy (non-hydrogen) atoms. The lowest BCUT2D eigenvalue weighted by atomic mass is 10.1. The van der Waals surface area contributed by atoms with E-state index in [0.29, 0.717) is 6.54 Å². The lowest BCUT2D eigenvalue weighted by Gasteiger charge is -2.30. The number of carboxylic acids is 1. The van der Waals surface area contributed by atoms with E-state index in [2.05, 4.69) is 16.7 Å². The van der Waals surface area contributed by atoms with Crippen molar-refractivity contribution in [3.63, 3.8) is 0 Å². The molecule has 0 aromatic heterocycles. The first-order valence-electron chi connectivity index (χ1n) is 8.39. The van der Waals surface area contributed by atoms with Gasteiger partial charge in [0.2, 0.25) is 0 Å². The van der Waals surface area contributed by atoms with Crippen LogP contribution < -0.4 is 0 Å². The van der Waals surface area contributed by atoms with E-state index in [1.54, 1.807) is 0 Å². The topological polar surface area (TPSA) is 43.8 Å². The normalized spacial score (nSPS) is 16.7. The molecule has 0 atom stereocenters. The summed E-state index contributed by atoms with van der Waals surface area (Å²) < 4.78 is 0. The Kier molecular flexibility index (Phi) is 9.67. The summed E-state index contributed by atoms with van der Waals surface area (Å²) in [6, 6.07) is 0. The summed E-state index contributed by atoms with van der Waals surface area (Å²) >= 11 is 0. The van der Waals surface area contributed by atoms with Gasteiger partial charge >= 0.3 is 5.97 Å². The minimum absolute atomic E-state index is 0.272. The lowest BCUT2D eigenvalue weighted by Crippen LogP contribution is -2.39. The predicted octanol–water partition coefficient (Wildman–Crippen LogP) is 2.83. The molecule has 1 N–H and O–H groups in total. The summed E-state index contributed by atoms with van der Waals surface area (Å²) in [5.74, 6) is -0.679. The number of hydrogen-bond acceptors (Lipinski definition) is 3. The van der Waals surface area contributed by atoms with Crippen molar-refractivity contribution in [3.05, 3.63) is 0 Å². The maximum Gasteiger partial charge on any atom is 0.304 e. The Balaban J connectivity index is 2.22. The molecule has 0 unspecified atom stereocenters. The number of rotatable bonds is 11. The number of carboxylic acid groups (broad SMARTS) is 1. The molecule has 1 fully saturated rings. The Morgan fingerprint density at radius 3 is 2.45 bits per heavy atom. The Hall–Kier alpha value is -0.610. The maximum atomic E-state index is 10.7. The highest BCUT2D eigenvalue weighted by molar-refractivity contribution is 5.66. The van der Waals surface area contributed by atoms with Gasteiger partial charge in [-0.05, 0) is 38.9 Å². The minimum Gasteiger partial charge on any atom is -0.481 e. The van der Waals surface area contributed by atoms with E-state index in [4.69, 9.17) is 5.11 Å². The first-order valence-corrected chi connectivity index (χ1v) is 8.39. The highest BCUT2D eigenvalue weighted by Gasteiger charge is 2.12. The molecule has 1 aliphatic heterocycles. The second-order valence-corrected chi connectivity index (χ2v) is 5.95. The molecule has 0 aliphatic carbocycles. The number of carbonyl (C=O) groups is 1. The van der Waals surface area contributed by atoms with Gasteiger partial charge < -0.3 is 14.9 Å². The standard InChI is InChI=1S/C16H32N2O2/c1-2-3-4-6-12-18(13-9-16(19)20)15-14-17-10-7-5-8-11-17/h2-15H2,1H3,(H,19,20). The highest BCUT2D eigenvalue weighted by Crippen LogP contribution is 2.09. The maximum absolute atomic E-state index is 10.7. The van der Waals surface area contributed by atoms with E-state index in [1.807, 2.05) is 0 Å². The molecule has 0 bridgehead atoms. The predicted molar refractivity (Wildman–Crippen MR) is 83.1 cm³/mol. The molecule has 0 saturated carbocycles. The quantitative estimate of drug-likeness (QED) is 0.593. The van der Waals surface area contributed by atoms with Crippen LogP contribution in [0.1, 0.15) is 58.3 Å². The molecule has 1 saturated heterocycles. The third kappa shape index (κ3) is 8.54. The van der Waals surface area contributed by atoms with Crippen LogP contribution in [0.15, 0.2) is 0 Å². The smallest absolute Gasteiger partial charge is 0.304 e. The molecule has 0 amide bonds. The van der Waals surface area contributed by atoms with Crippen molar-refractivity contribution >= 4 is 5.97 Å². The van der Waals surface area contributed by atoms with Gasteiger partial charge in [0.05, 0.1) is 6.42 Å². The first-order chi connectivity index (χ1) is 9.72. The highest BCUT2D eigenvalue weighted by atomic mass is 16.4. The van der Waals surface area contributed by atoms with Gasteiger partial charge in [-0.15, -0.1) is 0 Å². The SMILES string of the molecule is CCCCCCN(CCC(=O)O)CCN1CCCCC1. The third-order valence-corrected chi connectivity index (χ3v) is 4.15. The van der Waals surface area contributed by atoms with Crippen molar-refractivity contribution in [1.82, 2.24) is 9.80 Å². The zero-order valence-electron chi connectivity index (χ0n) is 13.1. The molecule has 1 heterocycles. The fourth-order valence-corrected chi connectivity index (χ4v) is 2.82. The van der Waals surface area contributed by atoms with Gasteiger partial charge in [0.15, 0.2) is 0 Å². The van der Waals surface area contributed by atoms with Crippen LogP contribution in [0.3, 0.4) is 0 Å². The Morgan fingerprint density at radius 1 is 1.05 bits per heavy atom. The minimum atomic E-state index is -0.679. The third-order valence-electron chi connectivity index (χ3n) is 4.15. The zero-order valence-corrected chi connectivity index (χ0v) is 13.1. The molecular formula is C16H32N2O2. The number of aliphatic carboxylic acids is 1. The first kappa shape index (κ1) is 17.4. The van der Waals surface area contributed by atoms with Crippen molar-refractivity contribution in [2.45, 2.75) is 58.3 Å². The average Bonchev–Trinajstić information content (AvgIpc) is 2.46. The van der Waals surface area contributed by atoms with Gasteiger partial charge in [-0.2, -0.15) is 0 Å². The Bertz CT molecular complexity index is 253. The summed E-state index contributed by atoms with van der Waals surface area (Å²) in [4.78, 5) is 15.6. The van der Waals surface area contributed by atoms with E-state index in [0.717, 1.165) is 19.6 Å².